The average Bonchev–Trinajstić information content (AvgIpc) is 3.38. The largest absolute Gasteiger partial charge is 0.497 e. The molecular weight excluding hydrogens is 466 g/mol. The van der Waals surface area contributed by atoms with Gasteiger partial charge in [0.1, 0.15) is 10.8 Å². The van der Waals surface area contributed by atoms with Crippen molar-refractivity contribution in [2.24, 2.45) is 0 Å². The number of hydrogen-bond donors (Lipinski definition) is 2. The van der Waals surface area contributed by atoms with Gasteiger partial charge in [0, 0.05) is 29.2 Å². The summed E-state index contributed by atoms with van der Waals surface area (Å²) in [5.41, 5.74) is 1.64. The fourth-order valence-electron chi connectivity index (χ4n) is 3.69. The van der Waals surface area contributed by atoms with Gasteiger partial charge in [0.2, 0.25) is 11.6 Å². The number of carbonyl (C=O) groups excluding carboxylic acids is 2. The molecule has 0 atom stereocenters. The molecular formula is C22H24N3O6S2+. The van der Waals surface area contributed by atoms with Crippen LogP contribution in [-0.2, 0) is 22.4 Å². The number of rotatable bonds is 8. The van der Waals surface area contributed by atoms with Gasteiger partial charge in [-0.15, -0.1) is 11.3 Å². The van der Waals surface area contributed by atoms with Crippen molar-refractivity contribution in [1.82, 2.24) is 5.27 Å². The number of hydrogen-bond acceptors (Lipinski definition) is 8. The average molecular weight is 491 g/mol. The second-order valence-electron chi connectivity index (χ2n) is 7.37. The van der Waals surface area contributed by atoms with Gasteiger partial charge < -0.3 is 14.8 Å². The monoisotopic (exact) mass is 490 g/mol. The van der Waals surface area contributed by atoms with E-state index in [-0.39, 0.29) is 12.3 Å². The number of thiophene rings is 1. The molecule has 0 aliphatic heterocycles. The van der Waals surface area contributed by atoms with Gasteiger partial charge >= 0.3 is 16.6 Å². The molecule has 0 radical (unpaired) electrons. The highest BCUT2D eigenvalue weighted by molar-refractivity contribution is 7.99. The number of aromatic nitrogens is 2. The Hall–Kier alpha value is -3.05. The van der Waals surface area contributed by atoms with Gasteiger partial charge in [0.05, 0.1) is 19.8 Å². The van der Waals surface area contributed by atoms with E-state index in [1.165, 1.54) is 34.9 Å². The van der Waals surface area contributed by atoms with E-state index < -0.39 is 11.6 Å². The predicted octanol–water partition coefficient (Wildman–Crippen LogP) is 3.10. The lowest BCUT2D eigenvalue weighted by Gasteiger charge is -2.11. The maximum atomic E-state index is 12.6. The van der Waals surface area contributed by atoms with E-state index >= 15 is 0 Å². The lowest BCUT2D eigenvalue weighted by Crippen LogP contribution is -2.36. The minimum atomic E-state index is -0.518. The van der Waals surface area contributed by atoms with E-state index in [1.807, 2.05) is 0 Å². The number of nitrogens with one attached hydrogen (secondary N) is 2. The molecule has 174 valence electrons. The molecule has 0 unspecified atom stereocenters. The number of esters is 1. The molecule has 1 aliphatic carbocycles. The lowest BCUT2D eigenvalue weighted by atomic mass is 9.95. The quantitative estimate of drug-likeness (QED) is 0.283. The standard InChI is InChI=1S/C22H23N3O6S2/c1-29-14-9-7-13(8-10-14)25-20(22(28)31-24-25)32-12-11-17(26)23-19-18(21(27)30-2)15-5-3-4-6-16(15)33-19/h7-10H,3-6,11-12H2,1-2H3,(H-,23,24,26,27,28)/p+1. The molecule has 0 spiro atoms. The number of benzene rings is 1. The minimum absolute atomic E-state index is 0.154. The topological polar surface area (TPSA) is 115 Å². The van der Waals surface area contributed by atoms with Crippen LogP contribution in [0.5, 0.6) is 5.75 Å². The smallest absolute Gasteiger partial charge is 0.442 e. The van der Waals surface area contributed by atoms with E-state index in [0.717, 1.165) is 36.1 Å². The normalized spacial score (nSPS) is 12.8. The summed E-state index contributed by atoms with van der Waals surface area (Å²) in [6.07, 6.45) is 3.97. The second-order valence-corrected chi connectivity index (χ2v) is 9.56. The van der Waals surface area contributed by atoms with Crippen LogP contribution in [0.25, 0.3) is 5.69 Å². The maximum absolute atomic E-state index is 12.6. The number of anilines is 1. The lowest BCUT2D eigenvalue weighted by molar-refractivity contribution is -0.704. The van der Waals surface area contributed by atoms with Crippen molar-refractivity contribution >= 4 is 40.0 Å². The fourth-order valence-corrected chi connectivity index (χ4v) is 5.90. The van der Waals surface area contributed by atoms with Crippen LogP contribution in [0, 0.1) is 0 Å². The first-order valence-corrected chi connectivity index (χ1v) is 12.3. The first-order valence-electron chi connectivity index (χ1n) is 10.4. The third kappa shape index (κ3) is 4.98. The van der Waals surface area contributed by atoms with Crippen molar-refractivity contribution < 1.29 is 28.3 Å². The Kier molecular flexibility index (Phi) is 7.19. The summed E-state index contributed by atoms with van der Waals surface area (Å²) in [6.45, 7) is 0. The van der Waals surface area contributed by atoms with Gasteiger partial charge in [-0.3, -0.25) is 9.32 Å². The summed E-state index contributed by atoms with van der Waals surface area (Å²) in [7, 11) is 2.92. The number of carbonyl (C=O) groups is 2. The molecule has 9 nitrogen and oxygen atoms in total. The number of ether oxygens (including phenoxy) is 2. The Balaban J connectivity index is 1.42. The van der Waals surface area contributed by atoms with Crippen molar-refractivity contribution in [2.45, 2.75) is 37.1 Å². The van der Waals surface area contributed by atoms with Crippen molar-refractivity contribution in [2.75, 3.05) is 25.3 Å². The summed E-state index contributed by atoms with van der Waals surface area (Å²) < 4.78 is 16.6. The Bertz CT molecular complexity index is 1210. The minimum Gasteiger partial charge on any atom is -0.497 e. The number of methoxy groups -OCH3 is 2. The summed E-state index contributed by atoms with van der Waals surface area (Å²) in [6, 6.07) is 7.12. The third-order valence-corrected chi connectivity index (χ3v) is 7.56. The first kappa shape index (κ1) is 23.1. The number of aromatic amines is 1. The molecule has 33 heavy (non-hydrogen) atoms. The fraction of sp³-hybridized carbons (Fsp3) is 0.364. The highest BCUT2D eigenvalue weighted by atomic mass is 32.2. The number of H-pyrrole nitrogens is 1. The molecule has 1 aromatic carbocycles. The molecule has 2 heterocycles. The summed E-state index contributed by atoms with van der Waals surface area (Å²) in [5.74, 6) is 0.382. The third-order valence-electron chi connectivity index (χ3n) is 5.32. The molecule has 11 heteroatoms. The molecule has 4 rings (SSSR count). The second kappa shape index (κ2) is 10.3. The number of aryl methyl sites for hydroxylation is 1. The highest BCUT2D eigenvalue weighted by Crippen LogP contribution is 2.38. The Morgan fingerprint density at radius 1 is 1.21 bits per heavy atom. The molecule has 1 aliphatic rings. The van der Waals surface area contributed by atoms with E-state index in [0.29, 0.717) is 32.8 Å². The van der Waals surface area contributed by atoms with Crippen molar-refractivity contribution in [3.8, 4) is 11.4 Å². The van der Waals surface area contributed by atoms with E-state index in [9.17, 15) is 14.4 Å². The van der Waals surface area contributed by atoms with Gasteiger partial charge in [-0.05, 0) is 65.1 Å². The van der Waals surface area contributed by atoms with Crippen molar-refractivity contribution in [3.05, 3.63) is 50.7 Å². The summed E-state index contributed by atoms with van der Waals surface area (Å²) >= 11 is 2.66. The first-order chi connectivity index (χ1) is 16.0. The zero-order valence-electron chi connectivity index (χ0n) is 18.3. The van der Waals surface area contributed by atoms with Crippen LogP contribution in [0.1, 0.15) is 40.1 Å². The Labute approximate surface area is 198 Å². The van der Waals surface area contributed by atoms with E-state index in [2.05, 4.69) is 10.6 Å². The van der Waals surface area contributed by atoms with Gasteiger partial charge in [0.25, 0.3) is 0 Å². The van der Waals surface area contributed by atoms with Crippen LogP contribution in [0.15, 0.2) is 38.6 Å². The summed E-state index contributed by atoms with van der Waals surface area (Å²) in [5, 5.41) is 6.32. The molecule has 3 aromatic rings. The predicted molar refractivity (Wildman–Crippen MR) is 124 cm³/mol. The molecule has 0 bridgehead atoms. The number of nitrogens with zero attached hydrogens (tertiary/aromatic N) is 1. The van der Waals surface area contributed by atoms with Crippen LogP contribution in [0.2, 0.25) is 0 Å². The molecule has 2 aromatic heterocycles. The molecule has 0 fully saturated rings. The SMILES string of the molecule is COC(=O)c1c(NC(=O)CCSc2c(=O)o[nH][n+]2-c2ccc(OC)cc2)sc2c1CCCC2. The van der Waals surface area contributed by atoms with Gasteiger partial charge in [-0.25, -0.2) is 9.59 Å². The van der Waals surface area contributed by atoms with Gasteiger partial charge in [-0.2, -0.15) is 0 Å². The Morgan fingerprint density at radius 2 is 1.97 bits per heavy atom. The number of thioether (sulfide) groups is 1. The number of fused-ring (bicyclic) bond motifs is 1. The van der Waals surface area contributed by atoms with Crippen molar-refractivity contribution in [3.63, 3.8) is 0 Å². The van der Waals surface area contributed by atoms with Crippen LogP contribution in [0.4, 0.5) is 5.00 Å². The van der Waals surface area contributed by atoms with E-state index in [1.54, 1.807) is 31.4 Å². The van der Waals surface area contributed by atoms with Gasteiger partial charge in [0.15, 0.2) is 0 Å². The summed E-state index contributed by atoms with van der Waals surface area (Å²) in [4.78, 5) is 38.3. The van der Waals surface area contributed by atoms with Gasteiger partial charge in [-0.1, -0.05) is 0 Å². The van der Waals surface area contributed by atoms with E-state index in [4.69, 9.17) is 14.0 Å². The molecule has 0 saturated carbocycles. The highest BCUT2D eigenvalue weighted by Gasteiger charge is 2.28. The van der Waals surface area contributed by atoms with Crippen molar-refractivity contribution in [1.29, 1.82) is 0 Å². The zero-order valence-corrected chi connectivity index (χ0v) is 19.9. The van der Waals surface area contributed by atoms with Crippen LogP contribution < -0.4 is 20.4 Å². The molecule has 2 N–H and O–H groups in total. The maximum Gasteiger partial charge on any atom is 0.442 e. The van der Waals surface area contributed by atoms with Crippen LogP contribution >= 0.6 is 23.1 Å². The Morgan fingerprint density at radius 3 is 2.70 bits per heavy atom. The molecule has 0 saturated heterocycles. The zero-order chi connectivity index (χ0) is 23.4. The molecule has 1 amide bonds. The van der Waals surface area contributed by atoms with Crippen LogP contribution in [0.3, 0.4) is 0 Å². The number of amides is 1. The van der Waals surface area contributed by atoms with Crippen LogP contribution in [-0.4, -0.2) is 37.1 Å².